The Balaban J connectivity index is 1.13. The molecule has 0 aromatic heterocycles. The van der Waals surface area contributed by atoms with Crippen molar-refractivity contribution in [3.8, 4) is 0 Å². The Morgan fingerprint density at radius 1 is 1.02 bits per heavy atom. The lowest BCUT2D eigenvalue weighted by molar-refractivity contribution is -0.352. The summed E-state index contributed by atoms with van der Waals surface area (Å²) < 4.78 is 57.1. The van der Waals surface area contributed by atoms with Gasteiger partial charge in [0.1, 0.15) is 13.2 Å². The van der Waals surface area contributed by atoms with Crippen LogP contribution in [0.3, 0.4) is 0 Å². The predicted molar refractivity (Wildman–Crippen MR) is 183 cm³/mol. The van der Waals surface area contributed by atoms with E-state index in [1.54, 1.807) is 7.11 Å². The van der Waals surface area contributed by atoms with Crippen molar-refractivity contribution in [2.24, 2.45) is 35.5 Å². The Morgan fingerprint density at radius 3 is 2.44 bits per heavy atom. The van der Waals surface area contributed by atoms with E-state index >= 15 is 0 Å². The van der Waals surface area contributed by atoms with E-state index in [0.717, 1.165) is 38.5 Å². The first-order valence-corrected chi connectivity index (χ1v) is 19.1. The fourth-order valence-corrected chi connectivity index (χ4v) is 10.3. The molecule has 6 heterocycles. The first-order valence-electron chi connectivity index (χ1n) is 19.1. The average Bonchev–Trinajstić information content (AvgIpc) is 3.81. The summed E-state index contributed by atoms with van der Waals surface area (Å²) in [4.78, 5) is 24.2. The Kier molecular flexibility index (Phi) is 10.9. The minimum absolute atomic E-state index is 0.0838. The second-order valence-corrected chi connectivity index (χ2v) is 16.7. The summed E-state index contributed by atoms with van der Waals surface area (Å²) in [6.07, 6.45) is 9.09. The third-order valence-corrected chi connectivity index (χ3v) is 13.3. The van der Waals surface area contributed by atoms with Crippen LogP contribution in [0.1, 0.15) is 100 Å². The van der Waals surface area contributed by atoms with Gasteiger partial charge in [-0.15, -0.1) is 0 Å². The van der Waals surface area contributed by atoms with Gasteiger partial charge in [0.05, 0.1) is 60.9 Å². The standard InChI is InChI=1S/C39H62O11/c1-11-37(34-24(4)19-28(46-34)32-23(3)18-25(5)39(49-32)21-44-30(40)20-45-39)14-13-29(47-37)36(8)16-17-38(50-36)15-12-22(2)31(48-38)26(6)33(42-9)27(7)35(41)43-10/h12,15,22-29,31-34H,11,13-14,16-21H2,1-10H3. The van der Waals surface area contributed by atoms with Crippen LogP contribution >= 0.6 is 0 Å². The number of carbonyl (C=O) groups is 2. The molecule has 6 aliphatic heterocycles. The van der Waals surface area contributed by atoms with Gasteiger partial charge < -0.3 is 42.6 Å². The van der Waals surface area contributed by atoms with E-state index in [2.05, 4.69) is 60.6 Å². The fourth-order valence-electron chi connectivity index (χ4n) is 10.3. The smallest absolute Gasteiger partial charge is 0.332 e. The molecule has 0 radical (unpaired) electrons. The number of hydrogen-bond acceptors (Lipinski definition) is 11. The number of hydrogen-bond donors (Lipinski definition) is 0. The molecule has 0 amide bonds. The minimum atomic E-state index is -0.925. The lowest BCUT2D eigenvalue weighted by Crippen LogP contribution is -2.60. The van der Waals surface area contributed by atoms with Crippen molar-refractivity contribution in [1.29, 1.82) is 0 Å². The van der Waals surface area contributed by atoms with Crippen molar-refractivity contribution in [3.63, 3.8) is 0 Å². The molecule has 11 heteroatoms. The van der Waals surface area contributed by atoms with Crippen LogP contribution in [-0.4, -0.2) is 98.8 Å². The van der Waals surface area contributed by atoms with Gasteiger partial charge in [0.15, 0.2) is 5.79 Å². The summed E-state index contributed by atoms with van der Waals surface area (Å²) >= 11 is 0. The number of ether oxygens (including phenoxy) is 9. The molecule has 50 heavy (non-hydrogen) atoms. The van der Waals surface area contributed by atoms with E-state index in [4.69, 9.17) is 42.6 Å². The molecule has 6 aliphatic rings. The highest BCUT2D eigenvalue weighted by molar-refractivity contribution is 5.72. The van der Waals surface area contributed by atoms with Crippen molar-refractivity contribution in [3.05, 3.63) is 12.2 Å². The third-order valence-electron chi connectivity index (χ3n) is 13.3. The highest BCUT2D eigenvalue weighted by Gasteiger charge is 2.61. The molecule has 0 aromatic rings. The van der Waals surface area contributed by atoms with Gasteiger partial charge >= 0.3 is 11.9 Å². The molecule has 0 N–H and O–H groups in total. The van der Waals surface area contributed by atoms with Crippen molar-refractivity contribution >= 4 is 11.9 Å². The van der Waals surface area contributed by atoms with E-state index in [1.807, 2.05) is 6.92 Å². The van der Waals surface area contributed by atoms with Crippen LogP contribution in [0.4, 0.5) is 0 Å². The molecule has 5 saturated heterocycles. The fraction of sp³-hybridized carbons (Fsp3) is 0.897. The van der Waals surface area contributed by atoms with E-state index in [-0.39, 0.29) is 91.4 Å². The van der Waals surface area contributed by atoms with Gasteiger partial charge in [0.25, 0.3) is 0 Å². The third kappa shape index (κ3) is 6.71. The topological polar surface area (TPSA) is 117 Å². The highest BCUT2D eigenvalue weighted by atomic mass is 16.8. The zero-order valence-electron chi connectivity index (χ0n) is 31.9. The van der Waals surface area contributed by atoms with Gasteiger partial charge in [-0.25, -0.2) is 4.79 Å². The molecule has 0 aliphatic carbocycles. The Morgan fingerprint density at radius 2 is 1.78 bits per heavy atom. The molecule has 16 unspecified atom stereocenters. The number of cyclic esters (lactones) is 1. The first kappa shape index (κ1) is 38.1. The summed E-state index contributed by atoms with van der Waals surface area (Å²) in [5.41, 5.74) is -0.985. The summed E-state index contributed by atoms with van der Waals surface area (Å²) in [5.74, 6) is -2.20. The summed E-state index contributed by atoms with van der Waals surface area (Å²) in [7, 11) is 3.05. The summed E-state index contributed by atoms with van der Waals surface area (Å²) in [6.45, 7) is 17.1. The molecular formula is C39H62O11. The molecule has 6 rings (SSSR count). The van der Waals surface area contributed by atoms with Gasteiger partial charge in [-0.2, -0.15) is 0 Å². The molecule has 2 spiro atoms. The molecule has 0 bridgehead atoms. The Bertz CT molecular complexity index is 1260. The zero-order chi connectivity index (χ0) is 36.2. The van der Waals surface area contributed by atoms with E-state index in [0.29, 0.717) is 6.42 Å². The monoisotopic (exact) mass is 706 g/mol. The molecular weight excluding hydrogens is 644 g/mol. The quantitative estimate of drug-likeness (QED) is 0.215. The largest absolute Gasteiger partial charge is 0.469 e. The number of carbonyl (C=O) groups excluding carboxylic acids is 2. The molecule has 284 valence electrons. The van der Waals surface area contributed by atoms with Gasteiger partial charge in [-0.05, 0) is 70.3 Å². The van der Waals surface area contributed by atoms with Crippen LogP contribution in [0, 0.1) is 35.5 Å². The lowest BCUT2D eigenvalue weighted by atomic mass is 9.80. The van der Waals surface area contributed by atoms with Crippen LogP contribution in [0.5, 0.6) is 0 Å². The minimum Gasteiger partial charge on any atom is -0.469 e. The maximum Gasteiger partial charge on any atom is 0.332 e. The molecule has 11 nitrogen and oxygen atoms in total. The van der Waals surface area contributed by atoms with Crippen LogP contribution in [0.25, 0.3) is 0 Å². The van der Waals surface area contributed by atoms with E-state index in [9.17, 15) is 9.59 Å². The zero-order valence-corrected chi connectivity index (χ0v) is 31.9. The van der Waals surface area contributed by atoms with Crippen molar-refractivity contribution in [2.75, 3.05) is 27.4 Å². The lowest BCUT2D eigenvalue weighted by Gasteiger charge is -2.50. The first-order chi connectivity index (χ1) is 23.6. The predicted octanol–water partition coefficient (Wildman–Crippen LogP) is 5.76. The number of esters is 2. The van der Waals surface area contributed by atoms with Crippen molar-refractivity contribution in [2.45, 2.75) is 160 Å². The van der Waals surface area contributed by atoms with Crippen LogP contribution < -0.4 is 0 Å². The number of rotatable bonds is 9. The van der Waals surface area contributed by atoms with E-state index < -0.39 is 28.7 Å². The van der Waals surface area contributed by atoms with Crippen LogP contribution in [0.2, 0.25) is 0 Å². The van der Waals surface area contributed by atoms with E-state index in [1.165, 1.54) is 7.11 Å². The molecule has 5 fully saturated rings. The van der Waals surface area contributed by atoms with Crippen molar-refractivity contribution < 1.29 is 52.2 Å². The maximum absolute atomic E-state index is 12.4. The SMILES string of the molecule is CCC1(C2OC(C3OC4(COC(=O)CO4)C(C)CC3C)CC2C)CCC(C2(C)CCC3(C=CC(C)C(C(C)C(OC)C(C)C(=O)OC)O3)O2)O1. The maximum atomic E-state index is 12.4. The Hall–Kier alpha value is -1.60. The molecule has 0 saturated carbocycles. The Labute approximate surface area is 298 Å². The average molecular weight is 707 g/mol. The normalized spacial score (nSPS) is 48.1. The summed E-state index contributed by atoms with van der Waals surface area (Å²) in [5, 5.41) is 0. The molecule has 16 atom stereocenters. The van der Waals surface area contributed by atoms with Crippen LogP contribution in [0.15, 0.2) is 12.2 Å². The highest BCUT2D eigenvalue weighted by Crippen LogP contribution is 2.54. The van der Waals surface area contributed by atoms with Crippen LogP contribution in [-0.2, 0) is 52.2 Å². The summed E-state index contributed by atoms with van der Waals surface area (Å²) in [6, 6.07) is 0. The van der Waals surface area contributed by atoms with Crippen molar-refractivity contribution in [1.82, 2.24) is 0 Å². The number of methoxy groups -OCH3 is 2. The van der Waals surface area contributed by atoms with Gasteiger partial charge in [0, 0.05) is 31.3 Å². The second kappa shape index (κ2) is 14.3. The second-order valence-electron chi connectivity index (χ2n) is 16.7. The van der Waals surface area contributed by atoms with Gasteiger partial charge in [0.2, 0.25) is 5.79 Å². The molecule has 0 aromatic carbocycles. The van der Waals surface area contributed by atoms with Gasteiger partial charge in [-0.3, -0.25) is 4.79 Å². The van der Waals surface area contributed by atoms with Gasteiger partial charge in [-0.1, -0.05) is 47.6 Å².